The number of carbonyl (C=O) groups is 2. The molecule has 1 N–H and O–H groups in total. The molecule has 0 bridgehead atoms. The van der Waals surface area contributed by atoms with Gasteiger partial charge in [-0.15, -0.1) is 0 Å². The van der Waals surface area contributed by atoms with E-state index in [1.54, 1.807) is 0 Å². The molecule has 0 spiro atoms. The van der Waals surface area contributed by atoms with Crippen molar-refractivity contribution < 1.29 is 28.5 Å². The zero-order chi connectivity index (χ0) is 11.1. The molecule has 1 unspecified atom stereocenters. The van der Waals surface area contributed by atoms with E-state index in [2.05, 4.69) is 9.47 Å². The lowest BCUT2D eigenvalue weighted by atomic mass is 10.1. The smallest absolute Gasteiger partial charge is 0.469 e. The molecule has 0 aliphatic heterocycles. The highest BCUT2D eigenvalue weighted by molar-refractivity contribution is 7.38. The molecule has 0 saturated heterocycles. The fraction of sp³-hybridized carbons (Fsp3) is 0.714. The van der Waals surface area contributed by atoms with Crippen LogP contribution in [0.2, 0.25) is 0 Å². The first-order valence-corrected chi connectivity index (χ1v) is 5.19. The normalized spacial score (nSPS) is 12.9. The summed E-state index contributed by atoms with van der Waals surface area (Å²) in [4.78, 5) is 30.4. The van der Waals surface area contributed by atoms with Crippen molar-refractivity contribution in [3.63, 3.8) is 0 Å². The van der Waals surface area contributed by atoms with Crippen LogP contribution in [0.3, 0.4) is 0 Å². The highest BCUT2D eigenvalue weighted by atomic mass is 31.1. The van der Waals surface area contributed by atoms with E-state index in [0.29, 0.717) is 0 Å². The van der Waals surface area contributed by atoms with Crippen molar-refractivity contribution in [2.75, 3.05) is 20.4 Å². The van der Waals surface area contributed by atoms with Crippen molar-refractivity contribution in [1.29, 1.82) is 0 Å². The van der Waals surface area contributed by atoms with E-state index in [4.69, 9.17) is 4.89 Å². The summed E-state index contributed by atoms with van der Waals surface area (Å²) < 4.78 is 19.2. The molecule has 80 valence electrons. The predicted molar refractivity (Wildman–Crippen MR) is 46.8 cm³/mol. The van der Waals surface area contributed by atoms with E-state index in [1.165, 1.54) is 7.11 Å². The standard InChI is InChI=1S/C7H11O6P/c1-12-6(8)3-5(4-14(10)11)7(9)13-2/h5H,3-4H2,1-2H3/p+1/t5-/m0/s1. The Bertz CT molecular complexity index is 238. The van der Waals surface area contributed by atoms with Crippen LogP contribution in [0.25, 0.3) is 0 Å². The minimum Gasteiger partial charge on any atom is -0.469 e. The van der Waals surface area contributed by atoms with E-state index >= 15 is 0 Å². The number of methoxy groups -OCH3 is 2. The van der Waals surface area contributed by atoms with Crippen molar-refractivity contribution in [3.8, 4) is 0 Å². The highest BCUT2D eigenvalue weighted by Gasteiger charge is 2.31. The molecule has 0 aromatic rings. The summed E-state index contributed by atoms with van der Waals surface area (Å²) in [5, 5.41) is 0. The molecule has 0 aromatic carbocycles. The first kappa shape index (κ1) is 13.0. The van der Waals surface area contributed by atoms with Gasteiger partial charge >= 0.3 is 20.0 Å². The minimum atomic E-state index is -2.47. The molecule has 7 heteroatoms. The van der Waals surface area contributed by atoms with Crippen LogP contribution >= 0.6 is 8.03 Å². The third-order valence-electron chi connectivity index (χ3n) is 1.55. The summed E-state index contributed by atoms with van der Waals surface area (Å²) in [6.45, 7) is 0. The molecule has 0 heterocycles. The number of carbonyl (C=O) groups excluding carboxylic acids is 2. The van der Waals surface area contributed by atoms with Gasteiger partial charge in [-0.05, 0) is 4.57 Å². The quantitative estimate of drug-likeness (QED) is 0.524. The summed E-state index contributed by atoms with van der Waals surface area (Å²) in [6, 6.07) is 0. The van der Waals surface area contributed by atoms with E-state index in [9.17, 15) is 14.2 Å². The Morgan fingerprint density at radius 2 is 1.93 bits per heavy atom. The average molecular weight is 223 g/mol. The third-order valence-corrected chi connectivity index (χ3v) is 2.30. The maximum Gasteiger partial charge on any atom is 0.506 e. The molecule has 0 saturated carbocycles. The maximum absolute atomic E-state index is 11.0. The largest absolute Gasteiger partial charge is 0.506 e. The predicted octanol–water partition coefficient (Wildman–Crippen LogP) is 0.0734. The van der Waals surface area contributed by atoms with Gasteiger partial charge in [0.15, 0.2) is 6.16 Å². The van der Waals surface area contributed by atoms with Gasteiger partial charge in [-0.25, -0.2) is 0 Å². The fourth-order valence-electron chi connectivity index (χ4n) is 0.862. The molecule has 2 atom stereocenters. The number of esters is 2. The number of hydrogen-bond donors (Lipinski definition) is 1. The summed E-state index contributed by atoms with van der Waals surface area (Å²) in [5.74, 6) is -2.22. The van der Waals surface area contributed by atoms with Gasteiger partial charge in [0.05, 0.1) is 20.6 Å². The van der Waals surface area contributed by atoms with Gasteiger partial charge in [-0.1, -0.05) is 0 Å². The van der Waals surface area contributed by atoms with E-state index < -0.39 is 25.9 Å². The Kier molecular flexibility index (Phi) is 5.99. The van der Waals surface area contributed by atoms with Crippen molar-refractivity contribution in [2.45, 2.75) is 6.42 Å². The molecule has 14 heavy (non-hydrogen) atoms. The Balaban J connectivity index is 4.31. The maximum atomic E-state index is 11.0. The Hall–Kier alpha value is -1.00. The molecule has 0 radical (unpaired) electrons. The lowest BCUT2D eigenvalue weighted by molar-refractivity contribution is -0.151. The van der Waals surface area contributed by atoms with Gasteiger partial charge in [0, 0.05) is 0 Å². The SMILES string of the molecule is COC(=O)C[C@@H](C[P+](=O)O)C(=O)OC. The van der Waals surface area contributed by atoms with Gasteiger partial charge in [-0.3, -0.25) is 9.59 Å². The summed E-state index contributed by atoms with van der Waals surface area (Å²) >= 11 is 0. The van der Waals surface area contributed by atoms with Crippen LogP contribution in [0.15, 0.2) is 0 Å². The monoisotopic (exact) mass is 223 g/mol. The van der Waals surface area contributed by atoms with Crippen LogP contribution in [0.5, 0.6) is 0 Å². The molecule has 0 aliphatic rings. The second-order valence-electron chi connectivity index (χ2n) is 2.54. The Morgan fingerprint density at radius 3 is 2.29 bits per heavy atom. The van der Waals surface area contributed by atoms with Crippen LogP contribution < -0.4 is 0 Å². The van der Waals surface area contributed by atoms with Crippen LogP contribution in [-0.4, -0.2) is 37.2 Å². The second-order valence-corrected chi connectivity index (χ2v) is 3.60. The molecule has 0 fully saturated rings. The number of hydrogen-bond acceptors (Lipinski definition) is 5. The summed E-state index contributed by atoms with van der Waals surface area (Å²) in [7, 11) is -0.146. The number of ether oxygens (including phenoxy) is 2. The average Bonchev–Trinajstić information content (AvgIpc) is 2.14. The Morgan fingerprint density at radius 1 is 1.36 bits per heavy atom. The number of rotatable bonds is 5. The lowest BCUT2D eigenvalue weighted by Gasteiger charge is -2.06. The molecular weight excluding hydrogens is 211 g/mol. The zero-order valence-electron chi connectivity index (χ0n) is 7.93. The van der Waals surface area contributed by atoms with Crippen LogP contribution in [-0.2, 0) is 23.6 Å². The molecular formula is C7H12O6P+. The second kappa shape index (κ2) is 6.45. The summed E-state index contributed by atoms with van der Waals surface area (Å²) in [5.41, 5.74) is 0. The lowest BCUT2D eigenvalue weighted by Crippen LogP contribution is -2.22. The zero-order valence-corrected chi connectivity index (χ0v) is 8.82. The van der Waals surface area contributed by atoms with Gasteiger partial charge in [0.25, 0.3) is 0 Å². The van der Waals surface area contributed by atoms with Crippen molar-refractivity contribution in [3.05, 3.63) is 0 Å². The first-order valence-electron chi connectivity index (χ1n) is 3.79. The topological polar surface area (TPSA) is 89.9 Å². The van der Waals surface area contributed by atoms with Gasteiger partial charge in [0.1, 0.15) is 5.92 Å². The van der Waals surface area contributed by atoms with Gasteiger partial charge in [0.2, 0.25) is 0 Å². The molecule has 0 rings (SSSR count). The Labute approximate surface area is 82.1 Å². The molecule has 0 aliphatic carbocycles. The minimum absolute atomic E-state index is 0.245. The molecule has 0 aromatic heterocycles. The van der Waals surface area contributed by atoms with Crippen LogP contribution in [0.1, 0.15) is 6.42 Å². The summed E-state index contributed by atoms with van der Waals surface area (Å²) in [6.07, 6.45) is -0.540. The van der Waals surface area contributed by atoms with Crippen molar-refractivity contribution >= 4 is 20.0 Å². The van der Waals surface area contributed by atoms with E-state index in [-0.39, 0.29) is 12.6 Å². The highest BCUT2D eigenvalue weighted by Crippen LogP contribution is 2.21. The molecule has 0 amide bonds. The van der Waals surface area contributed by atoms with E-state index in [1.807, 2.05) is 0 Å². The van der Waals surface area contributed by atoms with Crippen molar-refractivity contribution in [1.82, 2.24) is 0 Å². The first-order chi connectivity index (χ1) is 6.51. The van der Waals surface area contributed by atoms with Crippen LogP contribution in [0.4, 0.5) is 0 Å². The van der Waals surface area contributed by atoms with Crippen LogP contribution in [0, 0.1) is 5.92 Å². The fourth-order valence-corrected chi connectivity index (χ4v) is 1.52. The molecule has 6 nitrogen and oxygen atoms in total. The van der Waals surface area contributed by atoms with E-state index in [0.717, 1.165) is 7.11 Å². The van der Waals surface area contributed by atoms with Crippen molar-refractivity contribution in [2.24, 2.45) is 5.92 Å². The van der Waals surface area contributed by atoms with Gasteiger partial charge < -0.3 is 9.47 Å². The third kappa shape index (κ3) is 4.89. The van der Waals surface area contributed by atoms with Gasteiger partial charge in [-0.2, -0.15) is 4.89 Å².